The predicted octanol–water partition coefficient (Wildman–Crippen LogP) is 2.42. The maximum Gasteiger partial charge on any atom is 0.295 e. The zero-order valence-electron chi connectivity index (χ0n) is 8.98. The molecule has 4 nitrogen and oxygen atoms in total. The molecule has 1 saturated heterocycles. The third-order valence-corrected chi connectivity index (χ3v) is 2.80. The summed E-state index contributed by atoms with van der Waals surface area (Å²) in [5, 5.41) is 3.17. The molecule has 16 heavy (non-hydrogen) atoms. The number of oxazole rings is 1. The SMILES string of the molecule is c1ccc2oc(NCC3CCCO3)nc2c1. The molecule has 1 aromatic carbocycles. The van der Waals surface area contributed by atoms with Crippen LogP contribution >= 0.6 is 0 Å². The van der Waals surface area contributed by atoms with Gasteiger partial charge in [0, 0.05) is 13.2 Å². The normalized spacial score (nSPS) is 20.4. The van der Waals surface area contributed by atoms with E-state index in [1.54, 1.807) is 0 Å². The molecule has 2 heterocycles. The van der Waals surface area contributed by atoms with Crippen molar-refractivity contribution in [2.45, 2.75) is 18.9 Å². The summed E-state index contributed by atoms with van der Waals surface area (Å²) < 4.78 is 11.1. The Kier molecular flexibility index (Phi) is 2.50. The van der Waals surface area contributed by atoms with Crippen LogP contribution in [0.1, 0.15) is 12.8 Å². The molecule has 4 heteroatoms. The van der Waals surface area contributed by atoms with E-state index < -0.39 is 0 Å². The fraction of sp³-hybridized carbons (Fsp3) is 0.417. The first-order valence-electron chi connectivity index (χ1n) is 5.63. The second-order valence-corrected chi connectivity index (χ2v) is 4.00. The molecule has 3 rings (SSSR count). The third kappa shape index (κ3) is 1.88. The number of aromatic nitrogens is 1. The smallest absolute Gasteiger partial charge is 0.295 e. The van der Waals surface area contributed by atoms with E-state index in [0.717, 1.165) is 37.1 Å². The van der Waals surface area contributed by atoms with Crippen LogP contribution < -0.4 is 5.32 Å². The van der Waals surface area contributed by atoms with Crippen LogP contribution in [0.2, 0.25) is 0 Å². The monoisotopic (exact) mass is 218 g/mol. The molecular weight excluding hydrogens is 204 g/mol. The number of fused-ring (bicyclic) bond motifs is 1. The lowest BCUT2D eigenvalue weighted by Crippen LogP contribution is -2.18. The molecule has 1 aliphatic rings. The Balaban J connectivity index is 1.69. The van der Waals surface area contributed by atoms with Gasteiger partial charge in [0.15, 0.2) is 5.58 Å². The molecular formula is C12H14N2O2. The molecule has 1 unspecified atom stereocenters. The molecule has 0 radical (unpaired) electrons. The molecule has 0 saturated carbocycles. The highest BCUT2D eigenvalue weighted by atomic mass is 16.5. The number of rotatable bonds is 3. The third-order valence-electron chi connectivity index (χ3n) is 2.80. The summed E-state index contributed by atoms with van der Waals surface area (Å²) in [6.45, 7) is 1.65. The van der Waals surface area contributed by atoms with Crippen LogP contribution in [-0.4, -0.2) is 24.2 Å². The number of hydrogen-bond donors (Lipinski definition) is 1. The van der Waals surface area contributed by atoms with Gasteiger partial charge in [0.05, 0.1) is 6.10 Å². The van der Waals surface area contributed by atoms with Gasteiger partial charge in [-0.2, -0.15) is 4.98 Å². The Morgan fingerprint density at radius 3 is 3.12 bits per heavy atom. The van der Waals surface area contributed by atoms with Gasteiger partial charge in [-0.25, -0.2) is 0 Å². The highest BCUT2D eigenvalue weighted by Crippen LogP contribution is 2.19. The summed E-state index contributed by atoms with van der Waals surface area (Å²) in [7, 11) is 0. The largest absolute Gasteiger partial charge is 0.424 e. The van der Waals surface area contributed by atoms with Crippen LogP contribution in [0.25, 0.3) is 11.1 Å². The van der Waals surface area contributed by atoms with Gasteiger partial charge in [0.25, 0.3) is 6.01 Å². The average molecular weight is 218 g/mol. The highest BCUT2D eigenvalue weighted by molar-refractivity contribution is 5.74. The van der Waals surface area contributed by atoms with E-state index in [0.29, 0.717) is 12.1 Å². The van der Waals surface area contributed by atoms with Crippen molar-refractivity contribution in [3.8, 4) is 0 Å². The van der Waals surface area contributed by atoms with Crippen molar-refractivity contribution in [3.63, 3.8) is 0 Å². The highest BCUT2D eigenvalue weighted by Gasteiger charge is 2.15. The molecule has 0 amide bonds. The molecule has 1 fully saturated rings. The maximum atomic E-state index is 5.55. The summed E-state index contributed by atoms with van der Waals surface area (Å²) in [6, 6.07) is 8.33. The van der Waals surface area contributed by atoms with Crippen molar-refractivity contribution in [3.05, 3.63) is 24.3 Å². The fourth-order valence-electron chi connectivity index (χ4n) is 1.95. The Morgan fingerprint density at radius 1 is 1.38 bits per heavy atom. The van der Waals surface area contributed by atoms with Gasteiger partial charge < -0.3 is 14.5 Å². The first-order valence-corrected chi connectivity index (χ1v) is 5.63. The molecule has 0 bridgehead atoms. The standard InChI is InChI=1S/C12H14N2O2/c1-2-6-11-10(5-1)14-12(16-11)13-8-9-4-3-7-15-9/h1-2,5-6,9H,3-4,7-8H2,(H,13,14). The Hall–Kier alpha value is -1.55. The van der Waals surface area contributed by atoms with Gasteiger partial charge in [-0.15, -0.1) is 0 Å². The van der Waals surface area contributed by atoms with Crippen molar-refractivity contribution in [2.24, 2.45) is 0 Å². The minimum Gasteiger partial charge on any atom is -0.424 e. The molecule has 1 N–H and O–H groups in total. The number of benzene rings is 1. The Bertz CT molecular complexity index is 442. The van der Waals surface area contributed by atoms with E-state index >= 15 is 0 Å². The lowest BCUT2D eigenvalue weighted by Gasteiger charge is -2.08. The average Bonchev–Trinajstić information content (AvgIpc) is 2.95. The minimum absolute atomic E-state index is 0.301. The van der Waals surface area contributed by atoms with Gasteiger partial charge in [-0.05, 0) is 25.0 Å². The number of ether oxygens (including phenoxy) is 1. The molecule has 1 aromatic heterocycles. The number of nitrogens with zero attached hydrogens (tertiary/aromatic N) is 1. The lowest BCUT2D eigenvalue weighted by atomic mass is 10.2. The van der Waals surface area contributed by atoms with Crippen LogP contribution in [0.4, 0.5) is 6.01 Å². The van der Waals surface area contributed by atoms with E-state index in [9.17, 15) is 0 Å². The number of para-hydroxylation sites is 2. The Morgan fingerprint density at radius 2 is 2.31 bits per heavy atom. The summed E-state index contributed by atoms with van der Waals surface area (Å²) in [5.74, 6) is 0. The predicted molar refractivity (Wildman–Crippen MR) is 61.5 cm³/mol. The molecule has 1 atom stereocenters. The van der Waals surface area contributed by atoms with Gasteiger partial charge in [-0.1, -0.05) is 12.1 Å². The van der Waals surface area contributed by atoms with Crippen LogP contribution in [0.5, 0.6) is 0 Å². The molecule has 0 aliphatic carbocycles. The topological polar surface area (TPSA) is 47.3 Å². The summed E-state index contributed by atoms with van der Waals surface area (Å²) in [6.07, 6.45) is 2.57. The minimum atomic E-state index is 0.301. The fourth-order valence-corrected chi connectivity index (χ4v) is 1.95. The van der Waals surface area contributed by atoms with E-state index in [1.807, 2.05) is 24.3 Å². The van der Waals surface area contributed by atoms with Gasteiger partial charge in [-0.3, -0.25) is 0 Å². The summed E-state index contributed by atoms with van der Waals surface area (Å²) in [5.41, 5.74) is 1.70. The number of hydrogen-bond acceptors (Lipinski definition) is 4. The van der Waals surface area contributed by atoms with Gasteiger partial charge >= 0.3 is 0 Å². The zero-order chi connectivity index (χ0) is 10.8. The zero-order valence-corrected chi connectivity index (χ0v) is 8.98. The van der Waals surface area contributed by atoms with Crippen LogP contribution in [0.15, 0.2) is 28.7 Å². The first-order chi connectivity index (χ1) is 7.92. The van der Waals surface area contributed by atoms with Crippen LogP contribution in [0, 0.1) is 0 Å². The van der Waals surface area contributed by atoms with Crippen molar-refractivity contribution >= 4 is 17.1 Å². The van der Waals surface area contributed by atoms with Gasteiger partial charge in [0.2, 0.25) is 0 Å². The number of nitrogens with one attached hydrogen (secondary N) is 1. The molecule has 2 aromatic rings. The first kappa shape index (κ1) is 9.66. The van der Waals surface area contributed by atoms with Crippen molar-refractivity contribution in [2.75, 3.05) is 18.5 Å². The second-order valence-electron chi connectivity index (χ2n) is 4.00. The van der Waals surface area contributed by atoms with E-state index in [2.05, 4.69) is 10.3 Å². The Labute approximate surface area is 93.6 Å². The van der Waals surface area contributed by atoms with E-state index in [4.69, 9.17) is 9.15 Å². The lowest BCUT2D eigenvalue weighted by molar-refractivity contribution is 0.120. The number of anilines is 1. The van der Waals surface area contributed by atoms with Crippen molar-refractivity contribution < 1.29 is 9.15 Å². The molecule has 84 valence electrons. The molecule has 0 spiro atoms. The van der Waals surface area contributed by atoms with Crippen LogP contribution in [0.3, 0.4) is 0 Å². The van der Waals surface area contributed by atoms with Crippen molar-refractivity contribution in [1.82, 2.24) is 4.98 Å². The summed E-state index contributed by atoms with van der Waals surface area (Å²) >= 11 is 0. The van der Waals surface area contributed by atoms with Crippen molar-refractivity contribution in [1.29, 1.82) is 0 Å². The summed E-state index contributed by atoms with van der Waals surface area (Å²) in [4.78, 5) is 4.34. The quantitative estimate of drug-likeness (QED) is 0.859. The van der Waals surface area contributed by atoms with Crippen LogP contribution in [-0.2, 0) is 4.74 Å². The molecule has 1 aliphatic heterocycles. The maximum absolute atomic E-state index is 5.55. The van der Waals surface area contributed by atoms with Gasteiger partial charge in [0.1, 0.15) is 5.52 Å². The second kappa shape index (κ2) is 4.14. The van der Waals surface area contributed by atoms with E-state index in [1.165, 1.54) is 0 Å². The van der Waals surface area contributed by atoms with E-state index in [-0.39, 0.29) is 0 Å².